The Morgan fingerprint density at radius 3 is 2.72 bits per heavy atom. The number of nitrogens with zero attached hydrogens (tertiary/aromatic N) is 6. The highest BCUT2D eigenvalue weighted by Crippen LogP contribution is 2.07. The number of aromatic nitrogens is 6. The lowest BCUT2D eigenvalue weighted by molar-refractivity contribution is 0.208. The van der Waals surface area contributed by atoms with Crippen molar-refractivity contribution in [3.8, 4) is 5.95 Å². The van der Waals surface area contributed by atoms with Crippen LogP contribution >= 0.6 is 0 Å². The van der Waals surface area contributed by atoms with Gasteiger partial charge in [-0.2, -0.15) is 24.7 Å². The van der Waals surface area contributed by atoms with Gasteiger partial charge in [0.2, 0.25) is 11.9 Å². The quantitative estimate of drug-likeness (QED) is 0.637. The fourth-order valence-electron chi connectivity index (χ4n) is 1.21. The van der Waals surface area contributed by atoms with Crippen molar-refractivity contribution in [1.82, 2.24) is 29.7 Å². The molecule has 9 heteroatoms. The zero-order chi connectivity index (χ0) is 13.0. The van der Waals surface area contributed by atoms with E-state index in [9.17, 15) is 5.11 Å². The van der Waals surface area contributed by atoms with E-state index in [1.807, 2.05) is 0 Å². The van der Waals surface area contributed by atoms with Crippen LogP contribution in [-0.4, -0.2) is 54.5 Å². The smallest absolute Gasteiger partial charge is 0.258 e. The third kappa shape index (κ3) is 2.88. The molecular weight excluding hydrogens is 236 g/mol. The molecule has 0 aliphatic heterocycles. The lowest BCUT2D eigenvalue weighted by atomic mass is 10.4. The summed E-state index contributed by atoms with van der Waals surface area (Å²) >= 11 is 0. The van der Waals surface area contributed by atoms with E-state index in [-0.39, 0.29) is 0 Å². The third-order valence-corrected chi connectivity index (χ3v) is 2.03. The lowest BCUT2D eigenvalue weighted by Gasteiger charge is -2.09. The van der Waals surface area contributed by atoms with Crippen LogP contribution in [0.25, 0.3) is 5.95 Å². The first kappa shape index (κ1) is 12.2. The molecule has 0 saturated heterocycles. The van der Waals surface area contributed by atoms with E-state index in [1.165, 1.54) is 17.3 Å². The molecule has 0 saturated carbocycles. The van der Waals surface area contributed by atoms with Gasteiger partial charge in [0.1, 0.15) is 12.7 Å². The van der Waals surface area contributed by atoms with Crippen LogP contribution in [0, 0.1) is 0 Å². The minimum absolute atomic E-state index is 0.347. The molecule has 2 aromatic rings. The maximum absolute atomic E-state index is 9.22. The minimum atomic E-state index is -0.491. The van der Waals surface area contributed by atoms with E-state index < -0.39 is 6.10 Å². The highest BCUT2D eigenvalue weighted by molar-refractivity contribution is 5.37. The first-order chi connectivity index (χ1) is 8.69. The van der Waals surface area contributed by atoms with Crippen LogP contribution in [0.1, 0.15) is 6.92 Å². The Morgan fingerprint density at radius 2 is 2.11 bits per heavy atom. The number of nitrogens with one attached hydrogen (secondary N) is 2. The number of anilines is 2. The SMILES string of the molecule is CNc1nc(NCC(C)O)nc(-n2cncn2)n1. The van der Waals surface area contributed by atoms with Gasteiger partial charge in [-0.25, -0.2) is 4.98 Å². The molecule has 18 heavy (non-hydrogen) atoms. The molecule has 0 bridgehead atoms. The van der Waals surface area contributed by atoms with Crippen LogP contribution in [0.5, 0.6) is 0 Å². The number of aliphatic hydroxyl groups excluding tert-OH is 1. The lowest BCUT2D eigenvalue weighted by Crippen LogP contribution is -2.18. The Hall–Kier alpha value is -2.29. The van der Waals surface area contributed by atoms with Gasteiger partial charge in [0, 0.05) is 13.6 Å². The molecule has 96 valence electrons. The molecule has 1 atom stereocenters. The van der Waals surface area contributed by atoms with Crippen molar-refractivity contribution in [2.45, 2.75) is 13.0 Å². The number of hydrogen-bond donors (Lipinski definition) is 3. The third-order valence-electron chi connectivity index (χ3n) is 2.03. The van der Waals surface area contributed by atoms with Gasteiger partial charge in [0.15, 0.2) is 0 Å². The predicted octanol–water partition coefficient (Wildman–Crippen LogP) is -0.713. The molecule has 9 nitrogen and oxygen atoms in total. The van der Waals surface area contributed by atoms with E-state index >= 15 is 0 Å². The van der Waals surface area contributed by atoms with Crippen LogP contribution in [0.15, 0.2) is 12.7 Å². The number of hydrogen-bond acceptors (Lipinski definition) is 8. The summed E-state index contributed by atoms with van der Waals surface area (Å²) in [4.78, 5) is 16.3. The van der Waals surface area contributed by atoms with Crippen molar-refractivity contribution in [3.05, 3.63) is 12.7 Å². The second-order valence-electron chi connectivity index (χ2n) is 3.60. The van der Waals surface area contributed by atoms with Crippen molar-refractivity contribution >= 4 is 11.9 Å². The summed E-state index contributed by atoms with van der Waals surface area (Å²) in [6.45, 7) is 2.02. The Morgan fingerprint density at radius 1 is 1.33 bits per heavy atom. The van der Waals surface area contributed by atoms with Crippen LogP contribution in [-0.2, 0) is 0 Å². The van der Waals surface area contributed by atoms with Crippen molar-refractivity contribution in [3.63, 3.8) is 0 Å². The Labute approximate surface area is 103 Å². The standard InChI is InChI=1S/C9H14N8O/c1-6(18)3-12-8-14-7(10-2)15-9(16-8)17-5-11-4-13-17/h4-6,18H,3H2,1-2H3,(H2,10,12,14,15,16). The zero-order valence-electron chi connectivity index (χ0n) is 10.1. The summed E-state index contributed by atoms with van der Waals surface area (Å²) in [5, 5.41) is 18.9. The van der Waals surface area contributed by atoms with Gasteiger partial charge in [-0.1, -0.05) is 0 Å². The second kappa shape index (κ2) is 5.36. The molecule has 2 aromatic heterocycles. The highest BCUT2D eigenvalue weighted by Gasteiger charge is 2.08. The molecule has 0 amide bonds. The summed E-state index contributed by atoms with van der Waals surface area (Å²) in [7, 11) is 1.71. The van der Waals surface area contributed by atoms with Gasteiger partial charge in [-0.05, 0) is 6.92 Å². The average molecular weight is 250 g/mol. The first-order valence-electron chi connectivity index (χ1n) is 5.40. The van der Waals surface area contributed by atoms with E-state index in [4.69, 9.17) is 0 Å². The first-order valence-corrected chi connectivity index (χ1v) is 5.40. The molecule has 0 fully saturated rings. The largest absolute Gasteiger partial charge is 0.392 e. The molecule has 2 rings (SSSR count). The van der Waals surface area contributed by atoms with E-state index in [0.717, 1.165) is 0 Å². The average Bonchev–Trinajstić information content (AvgIpc) is 2.89. The molecule has 0 aliphatic rings. The van der Waals surface area contributed by atoms with Gasteiger partial charge in [-0.3, -0.25) is 0 Å². The van der Waals surface area contributed by atoms with E-state index in [0.29, 0.717) is 24.4 Å². The molecular formula is C9H14N8O. The van der Waals surface area contributed by atoms with Crippen molar-refractivity contribution < 1.29 is 5.11 Å². The van der Waals surface area contributed by atoms with Crippen LogP contribution in [0.4, 0.5) is 11.9 Å². The van der Waals surface area contributed by atoms with Crippen molar-refractivity contribution in [2.75, 3.05) is 24.2 Å². The molecule has 0 aliphatic carbocycles. The maximum atomic E-state index is 9.22. The fourth-order valence-corrected chi connectivity index (χ4v) is 1.21. The summed E-state index contributed by atoms with van der Waals surface area (Å²) in [5.74, 6) is 1.12. The number of rotatable bonds is 5. The van der Waals surface area contributed by atoms with Crippen molar-refractivity contribution in [2.24, 2.45) is 0 Å². The van der Waals surface area contributed by atoms with Gasteiger partial charge >= 0.3 is 0 Å². The van der Waals surface area contributed by atoms with Gasteiger partial charge in [0.05, 0.1) is 6.10 Å². The van der Waals surface area contributed by atoms with E-state index in [1.54, 1.807) is 14.0 Å². The predicted molar refractivity (Wildman–Crippen MR) is 64.5 cm³/mol. The Kier molecular flexibility index (Phi) is 3.63. The van der Waals surface area contributed by atoms with E-state index in [2.05, 4.69) is 35.7 Å². The van der Waals surface area contributed by atoms with Crippen molar-refractivity contribution in [1.29, 1.82) is 0 Å². The maximum Gasteiger partial charge on any atom is 0.258 e. The molecule has 0 spiro atoms. The summed E-state index contributed by atoms with van der Waals surface area (Å²) in [6, 6.07) is 0. The minimum Gasteiger partial charge on any atom is -0.392 e. The summed E-state index contributed by atoms with van der Waals surface area (Å²) in [5.41, 5.74) is 0. The summed E-state index contributed by atoms with van der Waals surface area (Å²) in [6.07, 6.45) is 2.40. The fraction of sp³-hybridized carbons (Fsp3) is 0.444. The molecule has 0 radical (unpaired) electrons. The van der Waals surface area contributed by atoms with Gasteiger partial charge in [-0.15, -0.1) is 0 Å². The van der Waals surface area contributed by atoms with Crippen LogP contribution in [0.2, 0.25) is 0 Å². The summed E-state index contributed by atoms with van der Waals surface area (Å²) < 4.78 is 1.43. The monoisotopic (exact) mass is 250 g/mol. The van der Waals surface area contributed by atoms with Crippen LogP contribution < -0.4 is 10.6 Å². The molecule has 1 unspecified atom stereocenters. The highest BCUT2D eigenvalue weighted by atomic mass is 16.3. The zero-order valence-corrected chi connectivity index (χ0v) is 10.1. The topological polar surface area (TPSA) is 114 Å². The second-order valence-corrected chi connectivity index (χ2v) is 3.60. The Bertz CT molecular complexity index is 497. The van der Waals surface area contributed by atoms with Crippen LogP contribution in [0.3, 0.4) is 0 Å². The molecule has 3 N–H and O–H groups in total. The molecule has 0 aromatic carbocycles. The van der Waals surface area contributed by atoms with Gasteiger partial charge < -0.3 is 15.7 Å². The number of aliphatic hydroxyl groups is 1. The van der Waals surface area contributed by atoms with Gasteiger partial charge in [0.25, 0.3) is 5.95 Å². The normalized spacial score (nSPS) is 12.2. The Balaban J connectivity index is 2.27. The molecule has 2 heterocycles.